The minimum absolute atomic E-state index is 0.148. The summed E-state index contributed by atoms with van der Waals surface area (Å²) in [7, 11) is 1.61. The molecule has 2 aromatic carbocycles. The van der Waals surface area contributed by atoms with Gasteiger partial charge in [0, 0.05) is 11.3 Å². The normalized spacial score (nSPS) is 10.1. The molecule has 22 heavy (non-hydrogen) atoms. The Morgan fingerprint density at radius 2 is 1.64 bits per heavy atom. The molecule has 0 spiro atoms. The Hall–Kier alpha value is -2.49. The molecular weight excluding hydrogens is 278 g/mol. The number of benzene rings is 2. The molecule has 0 unspecified atom stereocenters. The number of anilines is 1. The van der Waals surface area contributed by atoms with Gasteiger partial charge < -0.3 is 14.8 Å². The van der Waals surface area contributed by atoms with Crippen LogP contribution in [-0.2, 0) is 0 Å². The second-order valence-corrected chi connectivity index (χ2v) is 4.91. The van der Waals surface area contributed by atoms with E-state index in [1.165, 1.54) is 0 Å². The van der Waals surface area contributed by atoms with Crippen LogP contribution in [0, 0.1) is 0 Å². The molecule has 0 aliphatic heterocycles. The van der Waals surface area contributed by atoms with Gasteiger partial charge in [-0.25, -0.2) is 0 Å². The summed E-state index contributed by atoms with van der Waals surface area (Å²) in [5.41, 5.74) is 1.33. The fourth-order valence-corrected chi connectivity index (χ4v) is 1.91. The van der Waals surface area contributed by atoms with Gasteiger partial charge in [0.1, 0.15) is 11.5 Å². The van der Waals surface area contributed by atoms with Gasteiger partial charge in [0.25, 0.3) is 5.91 Å². The first-order valence-electron chi connectivity index (χ1n) is 7.41. The fraction of sp³-hybridized carbons (Fsp3) is 0.278. The Morgan fingerprint density at radius 1 is 1.00 bits per heavy atom. The van der Waals surface area contributed by atoms with Crippen molar-refractivity contribution >= 4 is 11.6 Å². The first-order chi connectivity index (χ1) is 10.7. The molecule has 2 aromatic rings. The number of hydrogen-bond donors (Lipinski definition) is 1. The maximum atomic E-state index is 12.2. The molecule has 0 heterocycles. The molecule has 0 radical (unpaired) electrons. The monoisotopic (exact) mass is 299 g/mol. The van der Waals surface area contributed by atoms with Crippen LogP contribution in [0.2, 0.25) is 0 Å². The summed E-state index contributed by atoms with van der Waals surface area (Å²) in [5.74, 6) is 1.39. The maximum absolute atomic E-state index is 12.2. The van der Waals surface area contributed by atoms with Gasteiger partial charge in [0.05, 0.1) is 13.7 Å². The van der Waals surface area contributed by atoms with Crippen LogP contribution < -0.4 is 14.8 Å². The lowest BCUT2D eigenvalue weighted by molar-refractivity contribution is 0.102. The summed E-state index contributed by atoms with van der Waals surface area (Å²) < 4.78 is 10.7. The zero-order chi connectivity index (χ0) is 15.8. The van der Waals surface area contributed by atoms with Crippen molar-refractivity contribution in [3.8, 4) is 11.5 Å². The second kappa shape index (κ2) is 8.08. The van der Waals surface area contributed by atoms with Crippen molar-refractivity contribution in [2.75, 3.05) is 19.0 Å². The van der Waals surface area contributed by atoms with Gasteiger partial charge in [0.2, 0.25) is 0 Å². The Labute approximate surface area is 131 Å². The number of rotatable bonds is 7. The highest BCUT2D eigenvalue weighted by molar-refractivity contribution is 6.04. The average molecular weight is 299 g/mol. The third-order valence-electron chi connectivity index (χ3n) is 3.23. The van der Waals surface area contributed by atoms with Crippen LogP contribution in [0.15, 0.2) is 48.5 Å². The smallest absolute Gasteiger partial charge is 0.255 e. The molecule has 1 amide bonds. The number of carbonyl (C=O) groups excluding carboxylic acids is 1. The van der Waals surface area contributed by atoms with Crippen molar-refractivity contribution in [1.82, 2.24) is 0 Å². The van der Waals surface area contributed by atoms with E-state index in [-0.39, 0.29) is 5.91 Å². The summed E-state index contributed by atoms with van der Waals surface area (Å²) >= 11 is 0. The summed E-state index contributed by atoms with van der Waals surface area (Å²) in [6.07, 6.45) is 2.13. The number of unbranched alkanes of at least 4 members (excludes halogenated alkanes) is 1. The number of nitrogens with one attached hydrogen (secondary N) is 1. The third kappa shape index (κ3) is 4.52. The molecule has 4 heteroatoms. The van der Waals surface area contributed by atoms with Gasteiger partial charge in [-0.3, -0.25) is 4.79 Å². The van der Waals surface area contributed by atoms with Crippen LogP contribution in [0.25, 0.3) is 0 Å². The lowest BCUT2D eigenvalue weighted by atomic mass is 10.2. The van der Waals surface area contributed by atoms with E-state index in [1.807, 2.05) is 12.1 Å². The van der Waals surface area contributed by atoms with Crippen molar-refractivity contribution in [3.63, 3.8) is 0 Å². The van der Waals surface area contributed by atoms with Crippen molar-refractivity contribution in [1.29, 1.82) is 0 Å². The zero-order valence-electron chi connectivity index (χ0n) is 13.0. The van der Waals surface area contributed by atoms with Crippen LogP contribution in [0.1, 0.15) is 30.1 Å². The van der Waals surface area contributed by atoms with E-state index in [1.54, 1.807) is 43.5 Å². The first kappa shape index (κ1) is 15.9. The van der Waals surface area contributed by atoms with E-state index in [0.29, 0.717) is 12.2 Å². The van der Waals surface area contributed by atoms with Gasteiger partial charge in [-0.15, -0.1) is 0 Å². The van der Waals surface area contributed by atoms with Gasteiger partial charge in [-0.2, -0.15) is 0 Å². The van der Waals surface area contributed by atoms with E-state index in [9.17, 15) is 4.79 Å². The predicted molar refractivity (Wildman–Crippen MR) is 87.8 cm³/mol. The second-order valence-electron chi connectivity index (χ2n) is 4.91. The van der Waals surface area contributed by atoms with E-state index in [2.05, 4.69) is 12.2 Å². The zero-order valence-corrected chi connectivity index (χ0v) is 13.0. The van der Waals surface area contributed by atoms with E-state index in [0.717, 1.165) is 30.0 Å². The lowest BCUT2D eigenvalue weighted by Gasteiger charge is -2.08. The minimum Gasteiger partial charge on any atom is -0.497 e. The first-order valence-corrected chi connectivity index (χ1v) is 7.41. The SMILES string of the molecule is CCCCOc1ccc(C(=O)Nc2ccc(OC)cc2)cc1. The van der Waals surface area contributed by atoms with E-state index < -0.39 is 0 Å². The molecule has 116 valence electrons. The number of methoxy groups -OCH3 is 1. The van der Waals surface area contributed by atoms with Gasteiger partial charge in [0.15, 0.2) is 0 Å². The molecule has 0 saturated heterocycles. The van der Waals surface area contributed by atoms with Crippen molar-refractivity contribution < 1.29 is 14.3 Å². The summed E-state index contributed by atoms with van der Waals surface area (Å²) in [6, 6.07) is 14.4. The summed E-state index contributed by atoms with van der Waals surface area (Å²) in [5, 5.41) is 2.85. The summed E-state index contributed by atoms with van der Waals surface area (Å²) in [4.78, 5) is 12.2. The highest BCUT2D eigenvalue weighted by Gasteiger charge is 2.06. The maximum Gasteiger partial charge on any atom is 0.255 e. The molecule has 4 nitrogen and oxygen atoms in total. The standard InChI is InChI=1S/C18H21NO3/c1-3-4-13-22-17-9-5-14(6-10-17)18(20)19-15-7-11-16(21-2)12-8-15/h5-12H,3-4,13H2,1-2H3,(H,19,20). The Morgan fingerprint density at radius 3 is 2.23 bits per heavy atom. The Bertz CT molecular complexity index is 591. The molecule has 1 N–H and O–H groups in total. The quantitative estimate of drug-likeness (QED) is 0.782. The van der Waals surface area contributed by atoms with Crippen LogP contribution in [0.4, 0.5) is 5.69 Å². The lowest BCUT2D eigenvalue weighted by Crippen LogP contribution is -2.11. The third-order valence-corrected chi connectivity index (χ3v) is 3.23. The molecular formula is C18H21NO3. The van der Waals surface area contributed by atoms with Gasteiger partial charge >= 0.3 is 0 Å². The van der Waals surface area contributed by atoms with Crippen molar-refractivity contribution in [2.24, 2.45) is 0 Å². The topological polar surface area (TPSA) is 47.6 Å². The fourth-order valence-electron chi connectivity index (χ4n) is 1.91. The number of amides is 1. The molecule has 0 bridgehead atoms. The minimum atomic E-state index is -0.148. The Balaban J connectivity index is 1.94. The van der Waals surface area contributed by atoms with Crippen molar-refractivity contribution in [2.45, 2.75) is 19.8 Å². The molecule has 0 aromatic heterocycles. The van der Waals surface area contributed by atoms with E-state index in [4.69, 9.17) is 9.47 Å². The number of ether oxygens (including phenoxy) is 2. The summed E-state index contributed by atoms with van der Waals surface area (Å²) in [6.45, 7) is 2.82. The largest absolute Gasteiger partial charge is 0.497 e. The molecule has 0 saturated carbocycles. The number of hydrogen-bond acceptors (Lipinski definition) is 3. The van der Waals surface area contributed by atoms with Gasteiger partial charge in [-0.1, -0.05) is 13.3 Å². The molecule has 0 fully saturated rings. The van der Waals surface area contributed by atoms with Crippen LogP contribution in [0.3, 0.4) is 0 Å². The van der Waals surface area contributed by atoms with Crippen LogP contribution in [-0.4, -0.2) is 19.6 Å². The molecule has 0 aliphatic rings. The Kier molecular flexibility index (Phi) is 5.83. The molecule has 2 rings (SSSR count). The van der Waals surface area contributed by atoms with Crippen molar-refractivity contribution in [3.05, 3.63) is 54.1 Å². The van der Waals surface area contributed by atoms with E-state index >= 15 is 0 Å². The highest BCUT2D eigenvalue weighted by Crippen LogP contribution is 2.17. The van der Waals surface area contributed by atoms with Gasteiger partial charge in [-0.05, 0) is 55.0 Å². The predicted octanol–water partition coefficient (Wildman–Crippen LogP) is 4.13. The number of carbonyl (C=O) groups is 1. The highest BCUT2D eigenvalue weighted by atomic mass is 16.5. The molecule has 0 atom stereocenters. The van der Waals surface area contributed by atoms with Crippen LogP contribution >= 0.6 is 0 Å². The molecule has 0 aliphatic carbocycles. The van der Waals surface area contributed by atoms with Crippen LogP contribution in [0.5, 0.6) is 11.5 Å². The average Bonchev–Trinajstić information content (AvgIpc) is 2.56.